The molecule has 0 spiro atoms. The molecule has 0 aromatic carbocycles. The Morgan fingerprint density at radius 2 is 1.50 bits per heavy atom. The van der Waals surface area contributed by atoms with Gasteiger partial charge in [0.25, 0.3) is 0 Å². The third-order valence-electron chi connectivity index (χ3n) is 1.13. The molecule has 1 radical (unpaired) electrons. The molecule has 0 aliphatic heterocycles. The molecule has 61 valence electrons. The highest BCUT2D eigenvalue weighted by Crippen LogP contribution is 2.07. The van der Waals surface area contributed by atoms with Gasteiger partial charge in [0.1, 0.15) is 0 Å². The van der Waals surface area contributed by atoms with E-state index in [1.807, 2.05) is 6.55 Å². The van der Waals surface area contributed by atoms with Crippen LogP contribution in [0.5, 0.6) is 0 Å². The molecule has 0 aliphatic carbocycles. The Kier molecular flexibility index (Phi) is 4.38. The highest BCUT2D eigenvalue weighted by molar-refractivity contribution is 6.69. The van der Waals surface area contributed by atoms with Crippen molar-refractivity contribution in [2.45, 2.75) is 19.6 Å². The molecule has 0 fully saturated rings. The van der Waals surface area contributed by atoms with E-state index in [1.165, 1.54) is 0 Å². The van der Waals surface area contributed by atoms with Gasteiger partial charge in [-0.3, -0.25) is 0 Å². The molecule has 3 nitrogen and oxygen atoms in total. The maximum atomic E-state index is 5.53. The summed E-state index contributed by atoms with van der Waals surface area (Å²) in [4.78, 5) is 0. The number of hydrogen-bond acceptors (Lipinski definition) is 3. The second-order valence-electron chi connectivity index (χ2n) is 2.28. The molecule has 0 heterocycles. The molecule has 0 saturated heterocycles. The number of rotatable bonds is 4. The molecular formula is C5H15O3Si2. The lowest BCUT2D eigenvalue weighted by molar-refractivity contribution is 0.170. The Morgan fingerprint density at radius 1 is 1.10 bits per heavy atom. The van der Waals surface area contributed by atoms with Crippen molar-refractivity contribution >= 4 is 17.8 Å². The van der Waals surface area contributed by atoms with Crippen LogP contribution in [0.2, 0.25) is 19.6 Å². The van der Waals surface area contributed by atoms with E-state index in [4.69, 9.17) is 13.0 Å². The molecular weight excluding hydrogens is 164 g/mol. The van der Waals surface area contributed by atoms with E-state index in [-0.39, 0.29) is 0 Å². The lowest BCUT2D eigenvalue weighted by atomic mass is 11.8. The average molecular weight is 179 g/mol. The Balaban J connectivity index is 3.80. The molecule has 0 aliphatic rings. The fourth-order valence-electron chi connectivity index (χ4n) is 0.537. The number of hydrogen-bond donors (Lipinski definition) is 0. The van der Waals surface area contributed by atoms with Crippen molar-refractivity contribution in [2.75, 3.05) is 14.2 Å². The maximum absolute atomic E-state index is 5.53. The average Bonchev–Trinajstić information content (AvgIpc) is 1.87. The van der Waals surface area contributed by atoms with E-state index in [0.29, 0.717) is 0 Å². The van der Waals surface area contributed by atoms with Gasteiger partial charge in [-0.05, 0) is 13.1 Å². The summed E-state index contributed by atoms with van der Waals surface area (Å²) in [6, 6.07) is 0. The van der Waals surface area contributed by atoms with Gasteiger partial charge in [-0.2, -0.15) is 0 Å². The first kappa shape index (κ1) is 10.3. The van der Waals surface area contributed by atoms with Crippen molar-refractivity contribution in [3.05, 3.63) is 0 Å². The third-order valence-corrected chi connectivity index (χ3v) is 5.73. The van der Waals surface area contributed by atoms with Crippen LogP contribution in [0, 0.1) is 0 Å². The van der Waals surface area contributed by atoms with E-state index in [2.05, 4.69) is 13.1 Å². The summed E-state index contributed by atoms with van der Waals surface area (Å²) in [6.45, 7) is 6.02. The van der Waals surface area contributed by atoms with Crippen molar-refractivity contribution in [1.29, 1.82) is 0 Å². The molecule has 0 N–H and O–H groups in total. The summed E-state index contributed by atoms with van der Waals surface area (Å²) in [5.74, 6) is 0. The van der Waals surface area contributed by atoms with Crippen LogP contribution in [0.4, 0.5) is 0 Å². The third kappa shape index (κ3) is 3.47. The topological polar surface area (TPSA) is 27.7 Å². The molecule has 5 heteroatoms. The first-order chi connectivity index (χ1) is 4.54. The highest BCUT2D eigenvalue weighted by atomic mass is 28.4. The quantitative estimate of drug-likeness (QED) is 0.605. The second kappa shape index (κ2) is 4.25. The van der Waals surface area contributed by atoms with Crippen molar-refractivity contribution in [3.8, 4) is 0 Å². The summed E-state index contributed by atoms with van der Waals surface area (Å²) in [7, 11) is 0.332. The molecule has 0 aromatic rings. The zero-order valence-electron chi connectivity index (χ0n) is 7.22. The van der Waals surface area contributed by atoms with Crippen molar-refractivity contribution < 1.29 is 13.0 Å². The minimum atomic E-state index is -2.22. The normalized spacial score (nSPS) is 12.6. The van der Waals surface area contributed by atoms with Gasteiger partial charge in [0, 0.05) is 20.8 Å². The van der Waals surface area contributed by atoms with Crippen molar-refractivity contribution in [3.63, 3.8) is 0 Å². The summed E-state index contributed by atoms with van der Waals surface area (Å²) < 4.78 is 15.8. The van der Waals surface area contributed by atoms with Crippen LogP contribution in [0.25, 0.3) is 0 Å². The predicted octanol–water partition coefficient (Wildman–Crippen LogP) is 1.12. The van der Waals surface area contributed by atoms with E-state index in [1.54, 1.807) is 14.2 Å². The van der Waals surface area contributed by atoms with Gasteiger partial charge in [0.2, 0.25) is 0 Å². The van der Waals surface area contributed by atoms with Crippen LogP contribution in [0.3, 0.4) is 0 Å². The van der Waals surface area contributed by atoms with Crippen LogP contribution < -0.4 is 0 Å². The van der Waals surface area contributed by atoms with E-state index < -0.39 is 17.8 Å². The molecule has 0 atom stereocenters. The first-order valence-corrected chi connectivity index (χ1v) is 7.77. The second-order valence-corrected chi connectivity index (χ2v) is 7.46. The standard InChI is InChI=1S/C5H15O3Si2/c1-6-10(5,7-2)8-9(3)4/h1-5H3. The minimum absolute atomic E-state index is 0.704. The van der Waals surface area contributed by atoms with Gasteiger partial charge in [-0.15, -0.1) is 0 Å². The Labute approximate surface area is 65.4 Å². The lowest BCUT2D eigenvalue weighted by Gasteiger charge is -2.23. The maximum Gasteiger partial charge on any atom is 0.486 e. The van der Waals surface area contributed by atoms with Crippen LogP contribution in [0.1, 0.15) is 0 Å². The van der Waals surface area contributed by atoms with Crippen LogP contribution >= 0.6 is 0 Å². The zero-order valence-corrected chi connectivity index (χ0v) is 9.22. The van der Waals surface area contributed by atoms with Crippen molar-refractivity contribution in [2.24, 2.45) is 0 Å². The summed E-state index contributed by atoms with van der Waals surface area (Å²) in [6.07, 6.45) is 0. The SMILES string of the molecule is CO[Si](C)(OC)O[Si](C)C. The Hall–Kier alpha value is 0.314. The van der Waals surface area contributed by atoms with E-state index >= 15 is 0 Å². The van der Waals surface area contributed by atoms with Crippen LogP contribution in [-0.4, -0.2) is 32.1 Å². The Morgan fingerprint density at radius 3 is 1.60 bits per heavy atom. The fraction of sp³-hybridized carbons (Fsp3) is 1.00. The van der Waals surface area contributed by atoms with Crippen LogP contribution in [-0.2, 0) is 13.0 Å². The Bertz CT molecular complexity index is 92.9. The molecule has 10 heavy (non-hydrogen) atoms. The molecule has 0 rings (SSSR count). The molecule has 0 saturated carbocycles. The fourth-order valence-corrected chi connectivity index (χ4v) is 4.34. The molecule has 0 bridgehead atoms. The highest BCUT2D eigenvalue weighted by Gasteiger charge is 2.32. The minimum Gasteiger partial charge on any atom is -0.416 e. The molecule has 0 aromatic heterocycles. The van der Waals surface area contributed by atoms with E-state index in [0.717, 1.165) is 0 Å². The lowest BCUT2D eigenvalue weighted by Crippen LogP contribution is -2.43. The van der Waals surface area contributed by atoms with Crippen LogP contribution in [0.15, 0.2) is 0 Å². The van der Waals surface area contributed by atoms with Gasteiger partial charge >= 0.3 is 8.80 Å². The van der Waals surface area contributed by atoms with E-state index in [9.17, 15) is 0 Å². The zero-order chi connectivity index (χ0) is 8.20. The van der Waals surface area contributed by atoms with Gasteiger partial charge in [-0.1, -0.05) is 0 Å². The summed E-state index contributed by atoms with van der Waals surface area (Å²) >= 11 is 0. The predicted molar refractivity (Wildman–Crippen MR) is 44.2 cm³/mol. The first-order valence-electron chi connectivity index (χ1n) is 3.13. The summed E-state index contributed by atoms with van der Waals surface area (Å²) in [5.41, 5.74) is 0. The molecule has 0 unspecified atom stereocenters. The van der Waals surface area contributed by atoms with Gasteiger partial charge in [-0.25, -0.2) is 0 Å². The van der Waals surface area contributed by atoms with Gasteiger partial charge < -0.3 is 13.0 Å². The summed E-state index contributed by atoms with van der Waals surface area (Å²) in [5, 5.41) is 0. The van der Waals surface area contributed by atoms with Gasteiger partial charge in [0.05, 0.1) is 0 Å². The molecule has 0 amide bonds. The van der Waals surface area contributed by atoms with Crippen molar-refractivity contribution in [1.82, 2.24) is 0 Å². The monoisotopic (exact) mass is 179 g/mol. The largest absolute Gasteiger partial charge is 0.486 e. The smallest absolute Gasteiger partial charge is 0.416 e. The van der Waals surface area contributed by atoms with Gasteiger partial charge in [0.15, 0.2) is 9.04 Å².